The monoisotopic (exact) mass is 278 g/mol. The fourth-order valence-corrected chi connectivity index (χ4v) is 3.57. The second-order valence-electron chi connectivity index (χ2n) is 4.50. The normalized spacial score (nSPS) is 21.9. The first-order valence-corrected chi connectivity index (χ1v) is 6.63. The van der Waals surface area contributed by atoms with Crippen molar-refractivity contribution in [1.82, 2.24) is 0 Å². The van der Waals surface area contributed by atoms with Crippen LogP contribution in [0.4, 0.5) is 5.69 Å². The fraction of sp³-hybridized carbons (Fsp3) is 0.308. The molecule has 0 amide bonds. The van der Waals surface area contributed by atoms with Crippen LogP contribution < -0.4 is 11.5 Å². The number of hydrogen-bond acceptors (Lipinski definition) is 6. The molecule has 0 spiro atoms. The van der Waals surface area contributed by atoms with E-state index >= 15 is 0 Å². The number of carbonyl (C=O) groups excluding carboxylic acids is 3. The summed E-state index contributed by atoms with van der Waals surface area (Å²) in [6.07, 6.45) is 0. The lowest BCUT2D eigenvalue weighted by molar-refractivity contribution is -0.119. The largest absolute Gasteiger partial charge is 0.398 e. The maximum absolute atomic E-state index is 12.4. The summed E-state index contributed by atoms with van der Waals surface area (Å²) < 4.78 is 0. The first-order chi connectivity index (χ1) is 8.84. The van der Waals surface area contributed by atoms with Crippen molar-refractivity contribution in [2.24, 2.45) is 11.7 Å². The van der Waals surface area contributed by atoms with Gasteiger partial charge in [-0.05, 0) is 26.0 Å². The van der Waals surface area contributed by atoms with E-state index < -0.39 is 17.1 Å². The van der Waals surface area contributed by atoms with Crippen LogP contribution in [0.5, 0.6) is 0 Å². The minimum absolute atomic E-state index is 0.162. The summed E-state index contributed by atoms with van der Waals surface area (Å²) >= 11 is 1.16. The minimum Gasteiger partial charge on any atom is -0.398 e. The highest BCUT2D eigenvalue weighted by atomic mass is 32.2. The Bertz CT molecular complexity index is 598. The number of benzene rings is 1. The lowest BCUT2D eigenvalue weighted by Gasteiger charge is -2.28. The number of hydrogen-bond donors (Lipinski definition) is 2. The Morgan fingerprint density at radius 1 is 1.26 bits per heavy atom. The molecule has 1 aromatic carbocycles. The maximum atomic E-state index is 12.4. The van der Waals surface area contributed by atoms with Crippen molar-refractivity contribution in [2.75, 3.05) is 5.73 Å². The molecule has 0 aliphatic carbocycles. The van der Waals surface area contributed by atoms with E-state index in [-0.39, 0.29) is 22.8 Å². The number of Topliss-reactive ketones (excluding diaryl/α,β-unsaturated/α-hetero) is 3. The van der Waals surface area contributed by atoms with E-state index in [2.05, 4.69) is 0 Å². The molecule has 2 rings (SSSR count). The topological polar surface area (TPSA) is 103 Å². The van der Waals surface area contributed by atoms with E-state index in [1.54, 1.807) is 6.07 Å². The molecule has 0 radical (unpaired) electrons. The van der Waals surface area contributed by atoms with Crippen LogP contribution in [-0.2, 0) is 4.79 Å². The third-order valence-corrected chi connectivity index (χ3v) is 4.32. The molecule has 4 N–H and O–H groups in total. The molecule has 2 atom stereocenters. The van der Waals surface area contributed by atoms with Gasteiger partial charge in [-0.2, -0.15) is 0 Å². The van der Waals surface area contributed by atoms with E-state index in [9.17, 15) is 14.4 Å². The van der Waals surface area contributed by atoms with Crippen LogP contribution in [0.1, 0.15) is 34.6 Å². The molecular weight excluding hydrogens is 264 g/mol. The highest BCUT2D eigenvalue weighted by Crippen LogP contribution is 2.41. The van der Waals surface area contributed by atoms with E-state index in [1.165, 1.54) is 19.9 Å². The van der Waals surface area contributed by atoms with Crippen molar-refractivity contribution < 1.29 is 14.4 Å². The first-order valence-electron chi connectivity index (χ1n) is 5.75. The van der Waals surface area contributed by atoms with E-state index in [1.807, 2.05) is 0 Å². The number of thioether (sulfide) groups is 1. The van der Waals surface area contributed by atoms with Gasteiger partial charge in [-0.1, -0.05) is 0 Å². The van der Waals surface area contributed by atoms with E-state index in [0.717, 1.165) is 11.8 Å². The summed E-state index contributed by atoms with van der Waals surface area (Å²) in [5, 5.41) is -0.683. The smallest absolute Gasteiger partial charge is 0.178 e. The lowest BCUT2D eigenvalue weighted by atomic mass is 9.91. The molecule has 0 aromatic heterocycles. The quantitative estimate of drug-likeness (QED) is 0.479. The van der Waals surface area contributed by atoms with Gasteiger partial charge in [0, 0.05) is 16.1 Å². The number of rotatable bonds is 2. The summed E-state index contributed by atoms with van der Waals surface area (Å²) in [6, 6.07) is 3.10. The van der Waals surface area contributed by atoms with Crippen molar-refractivity contribution >= 4 is 34.8 Å². The number of carbonyl (C=O) groups is 3. The van der Waals surface area contributed by atoms with Crippen molar-refractivity contribution in [2.45, 2.75) is 24.1 Å². The zero-order valence-corrected chi connectivity index (χ0v) is 11.4. The number of nitrogen functional groups attached to an aromatic ring is 1. The highest BCUT2D eigenvalue weighted by Gasteiger charge is 2.39. The van der Waals surface area contributed by atoms with Gasteiger partial charge in [-0.3, -0.25) is 14.4 Å². The number of anilines is 1. The summed E-state index contributed by atoms with van der Waals surface area (Å²) in [7, 11) is 0. The molecule has 1 aliphatic heterocycles. The van der Waals surface area contributed by atoms with Crippen LogP contribution in [0.2, 0.25) is 0 Å². The Labute approximate surface area is 114 Å². The highest BCUT2D eigenvalue weighted by molar-refractivity contribution is 8.00. The molecule has 6 heteroatoms. The van der Waals surface area contributed by atoms with E-state index in [0.29, 0.717) is 10.5 Å². The van der Waals surface area contributed by atoms with Crippen LogP contribution >= 0.6 is 11.8 Å². The molecular formula is C13H14N2O3S. The van der Waals surface area contributed by atoms with Gasteiger partial charge in [0.15, 0.2) is 11.6 Å². The summed E-state index contributed by atoms with van der Waals surface area (Å²) in [5.74, 6) is -1.75. The van der Waals surface area contributed by atoms with Gasteiger partial charge in [0.05, 0.1) is 10.9 Å². The van der Waals surface area contributed by atoms with E-state index in [4.69, 9.17) is 11.5 Å². The molecule has 100 valence electrons. The minimum atomic E-state index is -0.901. The zero-order valence-electron chi connectivity index (χ0n) is 10.6. The molecule has 2 unspecified atom stereocenters. The molecule has 0 saturated heterocycles. The van der Waals surface area contributed by atoms with Gasteiger partial charge >= 0.3 is 0 Å². The Kier molecular flexibility index (Phi) is 3.47. The predicted molar refractivity (Wildman–Crippen MR) is 73.2 cm³/mol. The van der Waals surface area contributed by atoms with Crippen LogP contribution in [0, 0.1) is 5.92 Å². The van der Waals surface area contributed by atoms with Crippen molar-refractivity contribution in [3.63, 3.8) is 0 Å². The third kappa shape index (κ3) is 2.17. The number of nitrogens with two attached hydrogens (primary N) is 2. The van der Waals surface area contributed by atoms with Crippen LogP contribution in [0.15, 0.2) is 17.0 Å². The molecule has 1 aromatic rings. The molecule has 1 aliphatic rings. The van der Waals surface area contributed by atoms with Gasteiger partial charge in [-0.25, -0.2) is 0 Å². The molecule has 19 heavy (non-hydrogen) atoms. The summed E-state index contributed by atoms with van der Waals surface area (Å²) in [5.41, 5.74) is 12.6. The Morgan fingerprint density at radius 2 is 1.89 bits per heavy atom. The van der Waals surface area contributed by atoms with Crippen molar-refractivity contribution in [3.8, 4) is 0 Å². The van der Waals surface area contributed by atoms with Gasteiger partial charge < -0.3 is 11.5 Å². The second kappa shape index (κ2) is 4.79. The third-order valence-electron chi connectivity index (χ3n) is 3.12. The molecule has 0 fully saturated rings. The van der Waals surface area contributed by atoms with Gasteiger partial charge in [0.25, 0.3) is 0 Å². The number of fused-ring (bicyclic) bond motifs is 1. The average Bonchev–Trinajstić information content (AvgIpc) is 2.27. The molecule has 5 nitrogen and oxygen atoms in total. The summed E-state index contributed by atoms with van der Waals surface area (Å²) in [6.45, 7) is 2.75. The predicted octanol–water partition coefficient (Wildman–Crippen LogP) is 1.25. The lowest BCUT2D eigenvalue weighted by Crippen LogP contribution is -2.41. The van der Waals surface area contributed by atoms with Crippen LogP contribution in [0.3, 0.4) is 0 Å². The summed E-state index contributed by atoms with van der Waals surface area (Å²) in [4.78, 5) is 36.0. The van der Waals surface area contributed by atoms with Crippen molar-refractivity contribution in [3.05, 3.63) is 23.3 Å². The molecule has 1 heterocycles. The van der Waals surface area contributed by atoms with Gasteiger partial charge in [-0.15, -0.1) is 11.8 Å². The van der Waals surface area contributed by atoms with Gasteiger partial charge in [0.1, 0.15) is 11.7 Å². The zero-order chi connectivity index (χ0) is 14.3. The second-order valence-corrected chi connectivity index (χ2v) is 5.69. The maximum Gasteiger partial charge on any atom is 0.178 e. The first kappa shape index (κ1) is 13.8. The molecule has 0 bridgehead atoms. The van der Waals surface area contributed by atoms with Gasteiger partial charge in [0.2, 0.25) is 0 Å². The SMILES string of the molecule is CC(=O)c1ccc(N)c2c1SC(N)C(C(C)=O)C2=O. The Hall–Kier alpha value is -1.66. The van der Waals surface area contributed by atoms with Crippen LogP contribution in [-0.4, -0.2) is 22.7 Å². The number of ketones is 3. The Balaban J connectivity index is 2.67. The molecule has 0 saturated carbocycles. The standard InChI is InChI=1S/C13H14N2O3S/c1-5(16)7-3-4-8(14)10-11(18)9(6(2)17)13(15)19-12(7)10/h3-4,9,13H,14-15H2,1-2H3. The van der Waals surface area contributed by atoms with Crippen LogP contribution in [0.25, 0.3) is 0 Å². The average molecular weight is 278 g/mol. The Morgan fingerprint density at radius 3 is 2.42 bits per heavy atom. The van der Waals surface area contributed by atoms with Crippen molar-refractivity contribution in [1.29, 1.82) is 0 Å². The fourth-order valence-electron chi connectivity index (χ4n) is 2.18.